The van der Waals surface area contributed by atoms with Gasteiger partial charge in [-0.25, -0.2) is 0 Å². The maximum Gasteiger partial charge on any atom is 0.0845 e. The molecule has 0 atom stereocenters. The van der Waals surface area contributed by atoms with E-state index in [0.717, 1.165) is 0 Å². The third-order valence-corrected chi connectivity index (χ3v) is 0.856. The van der Waals surface area contributed by atoms with E-state index in [4.69, 9.17) is 16.3 Å². The predicted molar refractivity (Wildman–Crippen MR) is 40.6 cm³/mol. The van der Waals surface area contributed by atoms with Crippen molar-refractivity contribution in [2.24, 2.45) is 0 Å². The Morgan fingerprint density at radius 2 is 2.22 bits per heavy atom. The Labute approximate surface area is 61.0 Å². The molecule has 0 saturated heterocycles. The van der Waals surface area contributed by atoms with Gasteiger partial charge in [-0.1, -0.05) is 12.2 Å². The molecule has 0 aromatic heterocycles. The van der Waals surface area contributed by atoms with Crippen molar-refractivity contribution in [1.29, 1.82) is 0 Å². The number of rotatable bonds is 4. The van der Waals surface area contributed by atoms with Crippen LogP contribution in [-0.4, -0.2) is 12.5 Å². The van der Waals surface area contributed by atoms with Crippen LogP contribution in [0.15, 0.2) is 24.5 Å². The molecule has 0 aliphatic carbocycles. The standard InChI is InChI=1S/C7H11ClO/c1-2-9-7-5-3-4-6-8/h3-5,7H,2,6H2,1H3. The first-order valence-electron chi connectivity index (χ1n) is 2.91. The van der Waals surface area contributed by atoms with E-state index in [1.54, 1.807) is 6.26 Å². The highest BCUT2D eigenvalue weighted by atomic mass is 35.5. The summed E-state index contributed by atoms with van der Waals surface area (Å²) in [6, 6.07) is 0. The van der Waals surface area contributed by atoms with Gasteiger partial charge in [0.15, 0.2) is 0 Å². The van der Waals surface area contributed by atoms with Gasteiger partial charge in [-0.3, -0.25) is 0 Å². The van der Waals surface area contributed by atoms with Crippen molar-refractivity contribution in [3.8, 4) is 0 Å². The van der Waals surface area contributed by atoms with Crippen LogP contribution in [0.1, 0.15) is 6.92 Å². The summed E-state index contributed by atoms with van der Waals surface area (Å²) in [4.78, 5) is 0. The van der Waals surface area contributed by atoms with E-state index >= 15 is 0 Å². The largest absolute Gasteiger partial charge is 0.501 e. The summed E-state index contributed by atoms with van der Waals surface area (Å²) in [6.45, 7) is 2.65. The van der Waals surface area contributed by atoms with Crippen LogP contribution >= 0.6 is 11.6 Å². The smallest absolute Gasteiger partial charge is 0.0845 e. The zero-order valence-corrected chi connectivity index (χ0v) is 6.27. The van der Waals surface area contributed by atoms with Crippen LogP contribution in [0.25, 0.3) is 0 Å². The van der Waals surface area contributed by atoms with Gasteiger partial charge in [-0.2, -0.15) is 0 Å². The molecule has 0 rings (SSSR count). The van der Waals surface area contributed by atoms with Crippen molar-refractivity contribution < 1.29 is 4.74 Å². The van der Waals surface area contributed by atoms with E-state index in [1.165, 1.54) is 0 Å². The zero-order chi connectivity index (χ0) is 6.95. The van der Waals surface area contributed by atoms with Gasteiger partial charge in [0.2, 0.25) is 0 Å². The van der Waals surface area contributed by atoms with Gasteiger partial charge in [0, 0.05) is 5.88 Å². The molecule has 2 heteroatoms. The molecule has 0 aromatic rings. The zero-order valence-electron chi connectivity index (χ0n) is 5.51. The first-order chi connectivity index (χ1) is 4.41. The fraction of sp³-hybridized carbons (Fsp3) is 0.429. The third kappa shape index (κ3) is 7.57. The molecule has 0 bridgehead atoms. The quantitative estimate of drug-likeness (QED) is 0.336. The van der Waals surface area contributed by atoms with E-state index < -0.39 is 0 Å². The molecule has 0 aliphatic rings. The number of allylic oxidation sites excluding steroid dienone is 3. The molecule has 0 radical (unpaired) electrons. The van der Waals surface area contributed by atoms with E-state index in [-0.39, 0.29) is 0 Å². The van der Waals surface area contributed by atoms with E-state index in [9.17, 15) is 0 Å². The molecule has 0 aromatic carbocycles. The summed E-state index contributed by atoms with van der Waals surface area (Å²) < 4.78 is 4.91. The minimum Gasteiger partial charge on any atom is -0.501 e. The lowest BCUT2D eigenvalue weighted by molar-refractivity contribution is 0.269. The van der Waals surface area contributed by atoms with Crippen LogP contribution in [0.2, 0.25) is 0 Å². The van der Waals surface area contributed by atoms with Crippen molar-refractivity contribution in [3.05, 3.63) is 24.5 Å². The Balaban J connectivity index is 3.13. The molecule has 0 unspecified atom stereocenters. The molecular weight excluding hydrogens is 136 g/mol. The van der Waals surface area contributed by atoms with Crippen molar-refractivity contribution in [3.63, 3.8) is 0 Å². The van der Waals surface area contributed by atoms with Crippen LogP contribution in [0.5, 0.6) is 0 Å². The highest BCUT2D eigenvalue weighted by molar-refractivity contribution is 6.18. The molecule has 0 spiro atoms. The maximum absolute atomic E-state index is 5.35. The number of alkyl halides is 1. The van der Waals surface area contributed by atoms with Crippen molar-refractivity contribution in [2.75, 3.05) is 12.5 Å². The van der Waals surface area contributed by atoms with Gasteiger partial charge in [0.05, 0.1) is 12.9 Å². The summed E-state index contributed by atoms with van der Waals surface area (Å²) in [5, 5.41) is 0. The minimum atomic E-state index is 0.552. The Bertz CT molecular complexity index is 97.1. The number of hydrogen-bond donors (Lipinski definition) is 0. The lowest BCUT2D eigenvalue weighted by atomic mass is 10.5. The summed E-state index contributed by atoms with van der Waals surface area (Å²) in [6.07, 6.45) is 7.15. The maximum atomic E-state index is 5.35. The highest BCUT2D eigenvalue weighted by Crippen LogP contribution is 1.81. The Kier molecular flexibility index (Phi) is 7.21. The van der Waals surface area contributed by atoms with E-state index in [0.29, 0.717) is 12.5 Å². The molecule has 0 N–H and O–H groups in total. The van der Waals surface area contributed by atoms with Gasteiger partial charge in [0.1, 0.15) is 0 Å². The van der Waals surface area contributed by atoms with Crippen LogP contribution in [-0.2, 0) is 4.74 Å². The first-order valence-corrected chi connectivity index (χ1v) is 3.44. The molecule has 52 valence electrons. The van der Waals surface area contributed by atoms with Crippen LogP contribution in [0, 0.1) is 0 Å². The third-order valence-electron chi connectivity index (χ3n) is 0.678. The fourth-order valence-electron chi connectivity index (χ4n) is 0.327. The topological polar surface area (TPSA) is 9.23 Å². The molecule has 0 saturated carbocycles. The van der Waals surface area contributed by atoms with Crippen molar-refractivity contribution in [1.82, 2.24) is 0 Å². The monoisotopic (exact) mass is 146 g/mol. The fourth-order valence-corrected chi connectivity index (χ4v) is 0.430. The second kappa shape index (κ2) is 7.57. The summed E-state index contributed by atoms with van der Waals surface area (Å²) in [7, 11) is 0. The van der Waals surface area contributed by atoms with E-state index in [1.807, 2.05) is 25.2 Å². The molecule has 0 heterocycles. The average Bonchev–Trinajstić information content (AvgIpc) is 1.89. The lowest BCUT2D eigenvalue weighted by Gasteiger charge is -1.87. The van der Waals surface area contributed by atoms with E-state index in [2.05, 4.69) is 0 Å². The van der Waals surface area contributed by atoms with Crippen LogP contribution in [0.4, 0.5) is 0 Å². The average molecular weight is 147 g/mol. The van der Waals surface area contributed by atoms with Crippen molar-refractivity contribution >= 4 is 11.6 Å². The molecular formula is C7H11ClO. The molecule has 9 heavy (non-hydrogen) atoms. The van der Waals surface area contributed by atoms with Gasteiger partial charge >= 0.3 is 0 Å². The summed E-state index contributed by atoms with van der Waals surface area (Å²) in [5.41, 5.74) is 0. The normalized spacial score (nSPS) is 11.3. The van der Waals surface area contributed by atoms with Gasteiger partial charge < -0.3 is 4.74 Å². The van der Waals surface area contributed by atoms with Crippen LogP contribution < -0.4 is 0 Å². The lowest BCUT2D eigenvalue weighted by Crippen LogP contribution is -1.74. The molecule has 0 aliphatic heterocycles. The number of halogens is 1. The Morgan fingerprint density at radius 3 is 2.78 bits per heavy atom. The minimum absolute atomic E-state index is 0.552. The SMILES string of the molecule is CCOC=CC=CCCl. The van der Waals surface area contributed by atoms with Crippen molar-refractivity contribution in [2.45, 2.75) is 6.92 Å². The number of ether oxygens (including phenoxy) is 1. The first kappa shape index (κ1) is 8.57. The second-order valence-corrected chi connectivity index (χ2v) is 1.67. The predicted octanol–water partition coefficient (Wildman–Crippen LogP) is 2.33. The van der Waals surface area contributed by atoms with Gasteiger partial charge in [-0.05, 0) is 13.0 Å². The molecule has 0 fully saturated rings. The molecule has 1 nitrogen and oxygen atoms in total. The highest BCUT2D eigenvalue weighted by Gasteiger charge is 1.66. The van der Waals surface area contributed by atoms with Crippen LogP contribution in [0.3, 0.4) is 0 Å². The summed E-state index contributed by atoms with van der Waals surface area (Å²) >= 11 is 5.35. The Hall–Kier alpha value is -0.430. The molecule has 0 amide bonds. The van der Waals surface area contributed by atoms with Gasteiger partial charge in [-0.15, -0.1) is 11.6 Å². The van der Waals surface area contributed by atoms with Gasteiger partial charge in [0.25, 0.3) is 0 Å². The Morgan fingerprint density at radius 1 is 1.44 bits per heavy atom. The summed E-state index contributed by atoms with van der Waals surface area (Å²) in [5.74, 6) is 0.552. The number of hydrogen-bond acceptors (Lipinski definition) is 1. The second-order valence-electron chi connectivity index (χ2n) is 1.37.